The Morgan fingerprint density at radius 1 is 1.54 bits per heavy atom. The molecular formula is C8H13N3S2. The van der Waals surface area contributed by atoms with Crippen LogP contribution >= 0.6 is 23.1 Å². The predicted octanol–water partition coefficient (Wildman–Crippen LogP) is 1.27. The van der Waals surface area contributed by atoms with Crippen molar-refractivity contribution in [1.82, 2.24) is 10.3 Å². The van der Waals surface area contributed by atoms with Crippen LogP contribution in [0.1, 0.15) is 0 Å². The summed E-state index contributed by atoms with van der Waals surface area (Å²) in [4.78, 5) is 6.75. The minimum absolute atomic E-state index is 1.08. The number of aromatic nitrogens is 1. The van der Waals surface area contributed by atoms with Crippen LogP contribution in [0, 0.1) is 0 Å². The van der Waals surface area contributed by atoms with Crippen molar-refractivity contribution >= 4 is 28.2 Å². The zero-order valence-corrected chi connectivity index (χ0v) is 9.25. The second kappa shape index (κ2) is 4.30. The Labute approximate surface area is 86.5 Å². The quantitative estimate of drug-likeness (QED) is 0.752. The van der Waals surface area contributed by atoms with Gasteiger partial charge in [0, 0.05) is 26.2 Å². The highest BCUT2D eigenvalue weighted by atomic mass is 32.2. The Hall–Kier alpha value is -0.260. The fourth-order valence-corrected chi connectivity index (χ4v) is 2.76. The summed E-state index contributed by atoms with van der Waals surface area (Å²) in [7, 11) is 0. The molecule has 1 aliphatic rings. The maximum Gasteiger partial charge on any atom is 0.186 e. The predicted molar refractivity (Wildman–Crippen MR) is 59.0 cm³/mol. The summed E-state index contributed by atoms with van der Waals surface area (Å²) in [5, 5.41) is 4.51. The number of hydrogen-bond acceptors (Lipinski definition) is 5. The largest absolute Gasteiger partial charge is 0.346 e. The van der Waals surface area contributed by atoms with Gasteiger partial charge in [-0.3, -0.25) is 0 Å². The standard InChI is InChI=1S/C8H13N3S2/c1-12-7-6-10-8(13-7)11-4-2-9-3-5-11/h6,9H,2-5H2,1H3. The molecule has 0 atom stereocenters. The van der Waals surface area contributed by atoms with Crippen LogP contribution in [0.15, 0.2) is 10.4 Å². The maximum atomic E-state index is 4.41. The highest BCUT2D eigenvalue weighted by Crippen LogP contribution is 2.28. The Kier molecular flexibility index (Phi) is 3.08. The van der Waals surface area contributed by atoms with Crippen LogP contribution in [0.5, 0.6) is 0 Å². The molecule has 72 valence electrons. The zero-order valence-electron chi connectivity index (χ0n) is 7.62. The van der Waals surface area contributed by atoms with Gasteiger partial charge in [-0.1, -0.05) is 11.3 Å². The summed E-state index contributed by atoms with van der Waals surface area (Å²) in [6.07, 6.45) is 4.06. The molecule has 2 heterocycles. The average molecular weight is 215 g/mol. The van der Waals surface area contributed by atoms with Crippen molar-refractivity contribution in [2.24, 2.45) is 0 Å². The van der Waals surface area contributed by atoms with Gasteiger partial charge >= 0.3 is 0 Å². The number of thiazole rings is 1. The fraction of sp³-hybridized carbons (Fsp3) is 0.625. The van der Waals surface area contributed by atoms with E-state index in [0.29, 0.717) is 0 Å². The maximum absolute atomic E-state index is 4.41. The van der Waals surface area contributed by atoms with Crippen molar-refractivity contribution in [3.8, 4) is 0 Å². The lowest BCUT2D eigenvalue weighted by molar-refractivity contribution is 0.588. The third-order valence-electron chi connectivity index (χ3n) is 2.06. The van der Waals surface area contributed by atoms with E-state index < -0.39 is 0 Å². The second-order valence-corrected chi connectivity index (χ2v) is 5.02. The number of anilines is 1. The van der Waals surface area contributed by atoms with Gasteiger partial charge in [0.15, 0.2) is 5.13 Å². The lowest BCUT2D eigenvalue weighted by Crippen LogP contribution is -2.43. The zero-order chi connectivity index (χ0) is 9.10. The molecule has 1 fully saturated rings. The summed E-state index contributed by atoms with van der Waals surface area (Å²) in [6, 6.07) is 0. The monoisotopic (exact) mass is 215 g/mol. The molecular weight excluding hydrogens is 202 g/mol. The van der Waals surface area contributed by atoms with E-state index in [2.05, 4.69) is 21.5 Å². The molecule has 1 aromatic heterocycles. The van der Waals surface area contributed by atoms with Crippen molar-refractivity contribution in [3.05, 3.63) is 6.20 Å². The van der Waals surface area contributed by atoms with Crippen LogP contribution in [0.25, 0.3) is 0 Å². The minimum atomic E-state index is 1.08. The van der Waals surface area contributed by atoms with E-state index in [-0.39, 0.29) is 0 Å². The first-order valence-corrected chi connectivity index (χ1v) is 6.40. The lowest BCUT2D eigenvalue weighted by atomic mass is 10.4. The number of hydrogen-bond donors (Lipinski definition) is 1. The van der Waals surface area contributed by atoms with Crippen molar-refractivity contribution in [3.63, 3.8) is 0 Å². The van der Waals surface area contributed by atoms with Crippen molar-refractivity contribution in [2.45, 2.75) is 4.21 Å². The van der Waals surface area contributed by atoms with Crippen molar-refractivity contribution < 1.29 is 0 Å². The molecule has 0 aromatic carbocycles. The summed E-state index contributed by atoms with van der Waals surface area (Å²) >= 11 is 3.56. The van der Waals surface area contributed by atoms with Crippen LogP contribution in [-0.4, -0.2) is 37.4 Å². The van der Waals surface area contributed by atoms with Gasteiger partial charge in [-0.25, -0.2) is 4.98 Å². The first kappa shape index (κ1) is 9.30. The van der Waals surface area contributed by atoms with Crippen LogP contribution in [0.4, 0.5) is 5.13 Å². The molecule has 0 aliphatic carbocycles. The van der Waals surface area contributed by atoms with Gasteiger partial charge in [0.25, 0.3) is 0 Å². The van der Waals surface area contributed by atoms with Gasteiger partial charge in [-0.2, -0.15) is 0 Å². The molecule has 0 amide bonds. The molecule has 1 N–H and O–H groups in total. The molecule has 3 nitrogen and oxygen atoms in total. The summed E-state index contributed by atoms with van der Waals surface area (Å²) in [5.74, 6) is 0. The molecule has 1 aromatic rings. The van der Waals surface area contributed by atoms with Crippen LogP contribution in [0.2, 0.25) is 0 Å². The van der Waals surface area contributed by atoms with Crippen LogP contribution in [-0.2, 0) is 0 Å². The number of piperazine rings is 1. The first-order chi connectivity index (χ1) is 6.40. The van der Waals surface area contributed by atoms with Crippen molar-refractivity contribution in [2.75, 3.05) is 37.3 Å². The van der Waals surface area contributed by atoms with E-state index in [1.165, 1.54) is 9.34 Å². The van der Waals surface area contributed by atoms with Gasteiger partial charge in [0.05, 0.1) is 10.4 Å². The Morgan fingerprint density at radius 3 is 2.92 bits per heavy atom. The van der Waals surface area contributed by atoms with Crippen LogP contribution in [0.3, 0.4) is 0 Å². The molecule has 1 saturated heterocycles. The Balaban J connectivity index is 2.05. The second-order valence-electron chi connectivity index (χ2n) is 2.90. The number of nitrogens with zero attached hydrogens (tertiary/aromatic N) is 2. The third-order valence-corrected chi connectivity index (χ3v) is 4.17. The Morgan fingerprint density at radius 2 is 2.31 bits per heavy atom. The van der Waals surface area contributed by atoms with E-state index in [1.807, 2.05) is 6.20 Å². The molecule has 13 heavy (non-hydrogen) atoms. The van der Waals surface area contributed by atoms with Gasteiger partial charge < -0.3 is 10.2 Å². The smallest absolute Gasteiger partial charge is 0.186 e. The molecule has 0 saturated carbocycles. The van der Waals surface area contributed by atoms with E-state index >= 15 is 0 Å². The number of thioether (sulfide) groups is 1. The van der Waals surface area contributed by atoms with Gasteiger partial charge in [-0.15, -0.1) is 11.8 Å². The summed E-state index contributed by atoms with van der Waals surface area (Å²) in [5.41, 5.74) is 0. The molecule has 0 unspecified atom stereocenters. The average Bonchev–Trinajstić information content (AvgIpc) is 2.67. The summed E-state index contributed by atoms with van der Waals surface area (Å²) < 4.78 is 1.30. The molecule has 1 aliphatic heterocycles. The molecule has 5 heteroatoms. The van der Waals surface area contributed by atoms with E-state index in [1.54, 1.807) is 23.1 Å². The van der Waals surface area contributed by atoms with E-state index in [4.69, 9.17) is 0 Å². The molecule has 0 spiro atoms. The first-order valence-electron chi connectivity index (χ1n) is 4.35. The van der Waals surface area contributed by atoms with Crippen LogP contribution < -0.4 is 10.2 Å². The number of rotatable bonds is 2. The highest BCUT2D eigenvalue weighted by Gasteiger charge is 2.13. The van der Waals surface area contributed by atoms with Gasteiger partial charge in [-0.05, 0) is 6.26 Å². The lowest BCUT2D eigenvalue weighted by Gasteiger charge is -2.26. The third kappa shape index (κ3) is 2.15. The minimum Gasteiger partial charge on any atom is -0.346 e. The number of nitrogens with one attached hydrogen (secondary N) is 1. The Bertz CT molecular complexity index is 268. The topological polar surface area (TPSA) is 28.2 Å². The summed E-state index contributed by atoms with van der Waals surface area (Å²) in [6.45, 7) is 4.32. The van der Waals surface area contributed by atoms with E-state index in [9.17, 15) is 0 Å². The SMILES string of the molecule is CSc1cnc(N2CCNCC2)s1. The van der Waals surface area contributed by atoms with Crippen molar-refractivity contribution in [1.29, 1.82) is 0 Å². The molecule has 0 bridgehead atoms. The van der Waals surface area contributed by atoms with E-state index in [0.717, 1.165) is 26.2 Å². The van der Waals surface area contributed by atoms with Gasteiger partial charge in [0.1, 0.15) is 0 Å². The molecule has 2 rings (SSSR count). The fourth-order valence-electron chi connectivity index (χ4n) is 1.35. The highest BCUT2D eigenvalue weighted by molar-refractivity contribution is 8.00. The molecule has 0 radical (unpaired) electrons. The normalized spacial score (nSPS) is 17.8. The van der Waals surface area contributed by atoms with Gasteiger partial charge in [0.2, 0.25) is 0 Å².